The Morgan fingerprint density at radius 1 is 1.20 bits per heavy atom. The second-order valence-corrected chi connectivity index (χ2v) is 8.78. The number of hydrazine groups is 1. The summed E-state index contributed by atoms with van der Waals surface area (Å²) in [4.78, 5) is 26.4. The van der Waals surface area contributed by atoms with Crippen LogP contribution in [0.25, 0.3) is 10.6 Å². The monoisotopic (exact) mass is 425 g/mol. The number of hydrogen-bond donors (Lipinski definition) is 0. The summed E-state index contributed by atoms with van der Waals surface area (Å²) in [5.74, 6) is 0.469. The first-order valence-corrected chi connectivity index (χ1v) is 10.6. The maximum Gasteiger partial charge on any atom is 0.429 e. The Labute approximate surface area is 178 Å². The van der Waals surface area contributed by atoms with Gasteiger partial charge < -0.3 is 4.74 Å². The predicted octanol–water partition coefficient (Wildman–Crippen LogP) is 3.71. The molecule has 0 bridgehead atoms. The van der Waals surface area contributed by atoms with E-state index in [0.717, 1.165) is 29.1 Å². The van der Waals surface area contributed by atoms with Crippen LogP contribution in [0.5, 0.6) is 0 Å². The summed E-state index contributed by atoms with van der Waals surface area (Å²) >= 11 is 1.45. The molecule has 0 N–H and O–H groups in total. The Bertz CT molecular complexity index is 971. The van der Waals surface area contributed by atoms with Gasteiger partial charge in [-0.05, 0) is 51.8 Å². The van der Waals surface area contributed by atoms with Crippen molar-refractivity contribution in [3.05, 3.63) is 48.0 Å². The molecule has 10 heteroatoms. The SMILES string of the molecule is CC(C)(C)OC(=O)N(Cc1ccc(-c2nncs2)cn1)N(c1ncccn1)C1CC1. The minimum Gasteiger partial charge on any atom is -0.442 e. The lowest BCUT2D eigenvalue weighted by Gasteiger charge is -2.35. The summed E-state index contributed by atoms with van der Waals surface area (Å²) in [5, 5.41) is 12.1. The number of aromatic nitrogens is 5. The lowest BCUT2D eigenvalue weighted by Crippen LogP contribution is -2.50. The normalized spacial score (nSPS) is 13.7. The lowest BCUT2D eigenvalue weighted by molar-refractivity contribution is 0.0195. The number of pyridine rings is 1. The van der Waals surface area contributed by atoms with E-state index in [0.29, 0.717) is 5.95 Å². The molecule has 9 nitrogen and oxygen atoms in total. The number of rotatable bonds is 6. The minimum atomic E-state index is -0.628. The molecule has 0 spiro atoms. The van der Waals surface area contributed by atoms with Crippen molar-refractivity contribution in [3.63, 3.8) is 0 Å². The Morgan fingerprint density at radius 2 is 1.97 bits per heavy atom. The van der Waals surface area contributed by atoms with Crippen LogP contribution in [0.3, 0.4) is 0 Å². The van der Waals surface area contributed by atoms with Gasteiger partial charge in [-0.15, -0.1) is 10.2 Å². The van der Waals surface area contributed by atoms with Gasteiger partial charge in [-0.1, -0.05) is 11.3 Å². The summed E-state index contributed by atoms with van der Waals surface area (Å²) in [7, 11) is 0. The second kappa shape index (κ2) is 8.31. The topological polar surface area (TPSA) is 97.2 Å². The van der Waals surface area contributed by atoms with Gasteiger partial charge in [-0.2, -0.15) is 0 Å². The van der Waals surface area contributed by atoms with Crippen LogP contribution in [0.15, 0.2) is 42.3 Å². The fraction of sp³-hybridized carbons (Fsp3) is 0.400. The van der Waals surface area contributed by atoms with Crippen LogP contribution in [0.2, 0.25) is 0 Å². The standard InChI is InChI=1S/C20H23N7O2S/c1-20(2,3)29-19(28)26(27(16-7-8-16)18-21-9-4-10-22-18)12-15-6-5-14(11-23-15)17-25-24-13-30-17/h4-6,9-11,13,16H,7-8,12H2,1-3H3. The molecule has 0 aromatic carbocycles. The minimum absolute atomic E-state index is 0.153. The highest BCUT2D eigenvalue weighted by molar-refractivity contribution is 7.12. The molecule has 0 saturated heterocycles. The van der Waals surface area contributed by atoms with E-state index in [4.69, 9.17) is 4.74 Å². The van der Waals surface area contributed by atoms with Crippen molar-refractivity contribution in [2.75, 3.05) is 5.01 Å². The van der Waals surface area contributed by atoms with E-state index in [1.807, 2.05) is 37.9 Å². The van der Waals surface area contributed by atoms with Crippen molar-refractivity contribution >= 4 is 23.4 Å². The first-order valence-electron chi connectivity index (χ1n) is 9.69. The molecule has 1 fully saturated rings. The van der Waals surface area contributed by atoms with Gasteiger partial charge in [0, 0.05) is 24.2 Å². The quantitative estimate of drug-likeness (QED) is 0.551. The number of carbonyl (C=O) groups excluding carboxylic acids is 1. The van der Waals surface area contributed by atoms with Gasteiger partial charge >= 0.3 is 6.09 Å². The molecule has 0 aliphatic heterocycles. The van der Waals surface area contributed by atoms with Crippen molar-refractivity contribution in [1.82, 2.24) is 30.2 Å². The van der Waals surface area contributed by atoms with Gasteiger partial charge in [0.25, 0.3) is 0 Å². The summed E-state index contributed by atoms with van der Waals surface area (Å²) in [6.45, 7) is 5.77. The third-order valence-corrected chi connectivity index (χ3v) is 5.00. The number of ether oxygens (including phenoxy) is 1. The van der Waals surface area contributed by atoms with E-state index in [1.165, 1.54) is 11.3 Å². The zero-order valence-electron chi connectivity index (χ0n) is 17.1. The van der Waals surface area contributed by atoms with Crippen LogP contribution in [-0.4, -0.2) is 47.9 Å². The molecule has 0 atom stereocenters. The highest BCUT2D eigenvalue weighted by atomic mass is 32.1. The van der Waals surface area contributed by atoms with Crippen molar-refractivity contribution in [3.8, 4) is 10.6 Å². The third kappa shape index (κ3) is 4.88. The van der Waals surface area contributed by atoms with Crippen molar-refractivity contribution in [1.29, 1.82) is 0 Å². The van der Waals surface area contributed by atoms with E-state index in [-0.39, 0.29) is 12.6 Å². The molecule has 3 aromatic rings. The molecule has 1 saturated carbocycles. The molecule has 156 valence electrons. The van der Waals surface area contributed by atoms with Crippen molar-refractivity contribution < 1.29 is 9.53 Å². The molecule has 1 aliphatic carbocycles. The maximum absolute atomic E-state index is 13.1. The maximum atomic E-state index is 13.1. The highest BCUT2D eigenvalue weighted by Gasteiger charge is 2.39. The van der Waals surface area contributed by atoms with Gasteiger partial charge in [0.15, 0.2) is 0 Å². The van der Waals surface area contributed by atoms with Gasteiger partial charge in [-0.3, -0.25) is 4.98 Å². The van der Waals surface area contributed by atoms with Gasteiger partial charge in [0.2, 0.25) is 5.95 Å². The summed E-state index contributed by atoms with van der Waals surface area (Å²) < 4.78 is 5.68. The average Bonchev–Trinajstić information content (AvgIpc) is 3.39. The fourth-order valence-corrected chi connectivity index (χ4v) is 3.38. The van der Waals surface area contributed by atoms with Gasteiger partial charge in [0.1, 0.15) is 16.1 Å². The highest BCUT2D eigenvalue weighted by Crippen LogP contribution is 2.32. The smallest absolute Gasteiger partial charge is 0.429 e. The third-order valence-electron chi connectivity index (χ3n) is 4.26. The Balaban J connectivity index is 1.62. The molecular formula is C20H23N7O2S. The molecule has 1 amide bonds. The molecule has 1 aliphatic rings. The van der Waals surface area contributed by atoms with E-state index in [1.54, 1.807) is 35.2 Å². The van der Waals surface area contributed by atoms with Gasteiger partial charge in [0.05, 0.1) is 18.3 Å². The van der Waals surface area contributed by atoms with Crippen LogP contribution in [0.4, 0.5) is 10.7 Å². The van der Waals surface area contributed by atoms with Crippen LogP contribution < -0.4 is 5.01 Å². The molecule has 30 heavy (non-hydrogen) atoms. The number of hydrogen-bond acceptors (Lipinski definition) is 9. The van der Waals surface area contributed by atoms with Crippen LogP contribution in [-0.2, 0) is 11.3 Å². The van der Waals surface area contributed by atoms with E-state index >= 15 is 0 Å². The van der Waals surface area contributed by atoms with Crippen molar-refractivity contribution in [2.45, 2.75) is 51.8 Å². The number of anilines is 1. The van der Waals surface area contributed by atoms with Gasteiger partial charge in [-0.25, -0.2) is 24.8 Å². The number of amides is 1. The number of carbonyl (C=O) groups is 1. The van der Waals surface area contributed by atoms with E-state index < -0.39 is 11.7 Å². The molecule has 3 heterocycles. The predicted molar refractivity (Wildman–Crippen MR) is 112 cm³/mol. The molecule has 4 rings (SSSR count). The van der Waals surface area contributed by atoms with Crippen molar-refractivity contribution in [2.24, 2.45) is 0 Å². The van der Waals surface area contributed by atoms with Crippen LogP contribution in [0.1, 0.15) is 39.3 Å². The zero-order valence-corrected chi connectivity index (χ0v) is 17.9. The van der Waals surface area contributed by atoms with Crippen LogP contribution >= 0.6 is 11.3 Å². The summed E-state index contributed by atoms with van der Waals surface area (Å²) in [6, 6.07) is 5.71. The van der Waals surface area contributed by atoms with E-state index in [2.05, 4.69) is 25.1 Å². The first kappa shape index (κ1) is 20.1. The molecular weight excluding hydrogens is 402 g/mol. The van der Waals surface area contributed by atoms with E-state index in [9.17, 15) is 4.79 Å². The summed E-state index contributed by atoms with van der Waals surface area (Å²) in [6.07, 6.45) is 6.53. The zero-order chi connectivity index (χ0) is 21.1. The number of nitrogens with zero attached hydrogens (tertiary/aromatic N) is 7. The first-order chi connectivity index (χ1) is 14.4. The summed E-state index contributed by atoms with van der Waals surface area (Å²) in [5.41, 5.74) is 2.66. The Kier molecular flexibility index (Phi) is 5.58. The lowest BCUT2D eigenvalue weighted by atomic mass is 10.2. The molecule has 3 aromatic heterocycles. The largest absolute Gasteiger partial charge is 0.442 e. The molecule has 0 radical (unpaired) electrons. The average molecular weight is 426 g/mol. The second-order valence-electron chi connectivity index (χ2n) is 7.94. The Morgan fingerprint density at radius 3 is 2.53 bits per heavy atom. The van der Waals surface area contributed by atoms with Crippen LogP contribution in [0, 0.1) is 0 Å². The molecule has 0 unspecified atom stereocenters. The fourth-order valence-electron chi connectivity index (χ4n) is 2.84. The Hall–Kier alpha value is -3.14.